The number of sulfonamides is 1. The number of hydrogen-bond acceptors (Lipinski definition) is 5. The van der Waals surface area contributed by atoms with Gasteiger partial charge in [0.05, 0.1) is 23.6 Å². The maximum Gasteiger partial charge on any atom is 0.264 e. The van der Waals surface area contributed by atoms with Crippen molar-refractivity contribution in [1.82, 2.24) is 0 Å². The first-order valence-electron chi connectivity index (χ1n) is 12.4. The molecule has 2 aliphatic heterocycles. The van der Waals surface area contributed by atoms with Crippen LogP contribution in [0.4, 0.5) is 11.4 Å². The van der Waals surface area contributed by atoms with E-state index in [1.807, 2.05) is 54.6 Å². The molecule has 0 radical (unpaired) electrons. The minimum absolute atomic E-state index is 0.174. The highest BCUT2D eigenvalue weighted by molar-refractivity contribution is 7.92. The largest absolute Gasteiger partial charge is 0.497 e. The summed E-state index contributed by atoms with van der Waals surface area (Å²) in [6.45, 7) is 0.392. The summed E-state index contributed by atoms with van der Waals surface area (Å²) in [6.07, 6.45) is 1.40. The lowest BCUT2D eigenvalue weighted by atomic mass is 9.87. The quantitative estimate of drug-likeness (QED) is 0.360. The molecule has 4 aromatic carbocycles. The second-order valence-electron chi connectivity index (χ2n) is 9.30. The van der Waals surface area contributed by atoms with Crippen molar-refractivity contribution < 1.29 is 22.7 Å². The normalized spacial score (nSPS) is 14.5. The summed E-state index contributed by atoms with van der Waals surface area (Å²) in [6, 6.07) is 26.9. The van der Waals surface area contributed by atoms with Crippen LogP contribution in [0.3, 0.4) is 0 Å². The predicted octanol–water partition coefficient (Wildman–Crippen LogP) is 5.71. The molecule has 0 saturated heterocycles. The fourth-order valence-corrected chi connectivity index (χ4v) is 6.71. The van der Waals surface area contributed by atoms with Crippen LogP contribution < -0.4 is 19.1 Å². The molecule has 0 fully saturated rings. The second-order valence-corrected chi connectivity index (χ2v) is 11.2. The number of fused-ring (bicyclic) bond motifs is 3. The lowest BCUT2D eigenvalue weighted by Crippen LogP contribution is -2.35. The lowest BCUT2D eigenvalue weighted by Gasteiger charge is -2.31. The van der Waals surface area contributed by atoms with Crippen LogP contribution in [0.2, 0.25) is 0 Å². The summed E-state index contributed by atoms with van der Waals surface area (Å²) in [5.41, 5.74) is 3.74. The van der Waals surface area contributed by atoms with Gasteiger partial charge in [0.15, 0.2) is 0 Å². The number of amides is 1. The summed E-state index contributed by atoms with van der Waals surface area (Å²) in [5.74, 6) is 1.22. The molecule has 0 aromatic heterocycles. The molecule has 7 nitrogen and oxygen atoms in total. The highest BCUT2D eigenvalue weighted by atomic mass is 32.2. The zero-order valence-corrected chi connectivity index (χ0v) is 21.6. The van der Waals surface area contributed by atoms with Crippen LogP contribution in [0.25, 0.3) is 0 Å². The van der Waals surface area contributed by atoms with Crippen LogP contribution in [-0.2, 0) is 21.2 Å². The van der Waals surface area contributed by atoms with E-state index in [0.717, 1.165) is 23.1 Å². The van der Waals surface area contributed by atoms with Crippen LogP contribution in [0.5, 0.6) is 17.2 Å². The third kappa shape index (κ3) is 4.16. The molecule has 0 unspecified atom stereocenters. The zero-order chi connectivity index (χ0) is 26.3. The molecule has 4 aromatic rings. The molecule has 2 heterocycles. The van der Waals surface area contributed by atoms with Gasteiger partial charge in [-0.05, 0) is 73.0 Å². The van der Waals surface area contributed by atoms with Crippen molar-refractivity contribution in [2.24, 2.45) is 0 Å². The average Bonchev–Trinajstić information content (AvgIpc) is 2.95. The van der Waals surface area contributed by atoms with E-state index in [-0.39, 0.29) is 10.8 Å². The first-order chi connectivity index (χ1) is 18.5. The number of anilines is 2. The molecule has 0 spiro atoms. The van der Waals surface area contributed by atoms with Gasteiger partial charge in [-0.2, -0.15) is 0 Å². The number of benzene rings is 4. The molecule has 0 aliphatic carbocycles. The van der Waals surface area contributed by atoms with Gasteiger partial charge in [0.2, 0.25) is 5.91 Å². The lowest BCUT2D eigenvalue weighted by molar-refractivity contribution is -0.116. The van der Waals surface area contributed by atoms with Crippen molar-refractivity contribution in [3.05, 3.63) is 108 Å². The molecule has 1 amide bonds. The van der Waals surface area contributed by atoms with Gasteiger partial charge in [-0.1, -0.05) is 36.4 Å². The number of nitrogens with zero attached hydrogens (tertiary/aromatic N) is 1. The highest BCUT2D eigenvalue weighted by Crippen LogP contribution is 2.44. The van der Waals surface area contributed by atoms with Gasteiger partial charge in [0.1, 0.15) is 17.2 Å². The van der Waals surface area contributed by atoms with Gasteiger partial charge in [-0.25, -0.2) is 8.42 Å². The van der Waals surface area contributed by atoms with Gasteiger partial charge in [0, 0.05) is 23.4 Å². The SMILES string of the molecule is COc1ccc(S(=O)(=O)N2CCCc3cc(NC(=O)C4c5ccccc5Oc5ccccc54)ccc32)cc1. The number of rotatable bonds is 5. The van der Waals surface area contributed by atoms with E-state index in [0.29, 0.717) is 41.6 Å². The van der Waals surface area contributed by atoms with Crippen molar-refractivity contribution in [2.45, 2.75) is 23.7 Å². The Kier molecular flexibility index (Phi) is 6.04. The minimum atomic E-state index is -3.74. The molecule has 8 heteroatoms. The topological polar surface area (TPSA) is 84.9 Å². The Hall–Kier alpha value is -4.30. The first kappa shape index (κ1) is 24.1. The molecular formula is C30H26N2O5S. The number of para-hydroxylation sites is 2. The van der Waals surface area contributed by atoms with E-state index in [2.05, 4.69) is 5.32 Å². The molecule has 0 saturated carbocycles. The molecule has 0 atom stereocenters. The fourth-order valence-electron chi connectivity index (χ4n) is 5.17. The van der Waals surface area contributed by atoms with Crippen LogP contribution in [0, 0.1) is 0 Å². The van der Waals surface area contributed by atoms with Gasteiger partial charge in [-0.3, -0.25) is 9.10 Å². The van der Waals surface area contributed by atoms with Gasteiger partial charge < -0.3 is 14.8 Å². The Balaban J connectivity index is 1.29. The van der Waals surface area contributed by atoms with E-state index in [4.69, 9.17) is 9.47 Å². The molecular weight excluding hydrogens is 500 g/mol. The molecule has 6 rings (SSSR count). The molecule has 38 heavy (non-hydrogen) atoms. The summed E-state index contributed by atoms with van der Waals surface area (Å²) in [7, 11) is -2.20. The summed E-state index contributed by atoms with van der Waals surface area (Å²) >= 11 is 0. The number of aryl methyl sites for hydroxylation is 1. The number of carbonyl (C=O) groups is 1. The number of nitrogens with one attached hydrogen (secondary N) is 1. The minimum Gasteiger partial charge on any atom is -0.497 e. The third-order valence-electron chi connectivity index (χ3n) is 7.01. The highest BCUT2D eigenvalue weighted by Gasteiger charge is 2.33. The Labute approximate surface area is 221 Å². The Morgan fingerprint density at radius 3 is 2.24 bits per heavy atom. The van der Waals surface area contributed by atoms with Crippen LogP contribution >= 0.6 is 0 Å². The number of hydrogen-bond donors (Lipinski definition) is 1. The van der Waals surface area contributed by atoms with Gasteiger partial charge >= 0.3 is 0 Å². The van der Waals surface area contributed by atoms with E-state index in [9.17, 15) is 13.2 Å². The number of methoxy groups -OCH3 is 1. The Bertz CT molecular complexity index is 1590. The van der Waals surface area contributed by atoms with E-state index >= 15 is 0 Å². The molecule has 192 valence electrons. The van der Waals surface area contributed by atoms with Crippen molar-refractivity contribution in [3.63, 3.8) is 0 Å². The maximum absolute atomic E-state index is 13.6. The van der Waals surface area contributed by atoms with E-state index in [1.54, 1.807) is 43.5 Å². The third-order valence-corrected chi connectivity index (χ3v) is 8.84. The van der Waals surface area contributed by atoms with Crippen molar-refractivity contribution in [1.29, 1.82) is 0 Å². The predicted molar refractivity (Wildman–Crippen MR) is 146 cm³/mol. The van der Waals surface area contributed by atoms with Crippen LogP contribution in [-0.4, -0.2) is 28.0 Å². The molecule has 2 aliphatic rings. The van der Waals surface area contributed by atoms with E-state index in [1.165, 1.54) is 4.31 Å². The van der Waals surface area contributed by atoms with Crippen molar-refractivity contribution in [2.75, 3.05) is 23.3 Å². The second kappa shape index (κ2) is 9.54. The summed E-state index contributed by atoms with van der Waals surface area (Å²) < 4.78 is 39.5. The van der Waals surface area contributed by atoms with E-state index < -0.39 is 15.9 Å². The first-order valence-corrected chi connectivity index (χ1v) is 13.9. The molecule has 0 bridgehead atoms. The zero-order valence-electron chi connectivity index (χ0n) is 20.8. The van der Waals surface area contributed by atoms with Gasteiger partial charge in [0.25, 0.3) is 10.0 Å². The summed E-state index contributed by atoms with van der Waals surface area (Å²) in [4.78, 5) is 13.8. The number of ether oxygens (including phenoxy) is 2. The summed E-state index contributed by atoms with van der Waals surface area (Å²) in [5, 5.41) is 3.07. The average molecular weight is 527 g/mol. The van der Waals surface area contributed by atoms with Gasteiger partial charge in [-0.15, -0.1) is 0 Å². The van der Waals surface area contributed by atoms with Crippen LogP contribution in [0.15, 0.2) is 95.9 Å². The number of carbonyl (C=O) groups excluding carboxylic acids is 1. The van der Waals surface area contributed by atoms with Crippen molar-refractivity contribution >= 4 is 27.3 Å². The fraction of sp³-hybridized carbons (Fsp3) is 0.167. The van der Waals surface area contributed by atoms with Crippen molar-refractivity contribution in [3.8, 4) is 17.2 Å². The Morgan fingerprint density at radius 2 is 1.58 bits per heavy atom. The molecule has 1 N–H and O–H groups in total. The smallest absolute Gasteiger partial charge is 0.264 e. The maximum atomic E-state index is 13.6. The Morgan fingerprint density at radius 1 is 0.921 bits per heavy atom. The monoisotopic (exact) mass is 526 g/mol. The standard InChI is InChI=1S/C30H26N2O5S/c1-36-22-13-15-23(16-14-22)38(34,35)32-18-6-7-20-19-21(12-17-26(20)32)31-30(33)29-24-8-2-4-10-27(24)37-28-11-5-3-9-25(28)29/h2-5,8-17,19,29H,6-7,18H2,1H3,(H,31,33). The van der Waals surface area contributed by atoms with Crippen LogP contribution in [0.1, 0.15) is 29.0 Å².